The summed E-state index contributed by atoms with van der Waals surface area (Å²) in [5.74, 6) is -1.14. The van der Waals surface area contributed by atoms with Gasteiger partial charge < -0.3 is 10.1 Å². The maximum Gasteiger partial charge on any atom is 0.573 e. The Balaban J connectivity index is 2.28. The van der Waals surface area contributed by atoms with Gasteiger partial charge in [0.2, 0.25) is 15.9 Å². The van der Waals surface area contributed by atoms with Crippen molar-refractivity contribution in [3.8, 4) is 5.75 Å². The molecule has 0 heterocycles. The van der Waals surface area contributed by atoms with Crippen LogP contribution in [-0.2, 0) is 14.8 Å². The predicted octanol–water partition coefficient (Wildman–Crippen LogP) is 5.08. The number of anilines is 2. The minimum atomic E-state index is -4.84. The summed E-state index contributed by atoms with van der Waals surface area (Å²) >= 11 is 11.9. The number of nitrogens with zero attached hydrogens (tertiary/aromatic N) is 1. The van der Waals surface area contributed by atoms with Gasteiger partial charge in [-0.3, -0.25) is 9.10 Å². The summed E-state index contributed by atoms with van der Waals surface area (Å²) in [6, 6.07) is 7.45. The number of ether oxygens (including phenoxy) is 1. The summed E-state index contributed by atoms with van der Waals surface area (Å²) in [7, 11) is -3.90. The smallest absolute Gasteiger partial charge is 0.406 e. The third kappa shape index (κ3) is 6.41. The number of amides is 1. The molecule has 12 heteroatoms. The Kier molecular flexibility index (Phi) is 7.49. The topological polar surface area (TPSA) is 75.7 Å². The third-order valence-corrected chi connectivity index (χ3v) is 5.76. The lowest BCUT2D eigenvalue weighted by Crippen LogP contribution is -2.47. The number of alkyl halides is 3. The largest absolute Gasteiger partial charge is 0.573 e. The number of hydrogen-bond acceptors (Lipinski definition) is 4. The van der Waals surface area contributed by atoms with Crippen molar-refractivity contribution in [2.24, 2.45) is 0 Å². The van der Waals surface area contributed by atoms with E-state index in [1.165, 1.54) is 30.3 Å². The average Bonchev–Trinajstić information content (AvgIpc) is 2.61. The molecule has 0 bridgehead atoms. The molecule has 0 aliphatic rings. The monoisotopic (exact) mass is 484 g/mol. The number of halogens is 5. The SMILES string of the molecule is CC[C@H](C(=O)Nc1ccc(OC(F)(F)F)cc1)N(c1ccc(Cl)c(Cl)c1)S(C)(=O)=O. The van der Waals surface area contributed by atoms with Crippen molar-refractivity contribution >= 4 is 50.5 Å². The van der Waals surface area contributed by atoms with Crippen LogP contribution in [0.4, 0.5) is 24.5 Å². The number of hydrogen-bond donors (Lipinski definition) is 1. The molecule has 2 aromatic rings. The molecule has 0 fully saturated rings. The average molecular weight is 485 g/mol. The van der Waals surface area contributed by atoms with Crippen LogP contribution in [0.3, 0.4) is 0 Å². The van der Waals surface area contributed by atoms with Gasteiger partial charge in [-0.2, -0.15) is 0 Å². The molecule has 0 saturated carbocycles. The highest BCUT2D eigenvalue weighted by Gasteiger charge is 2.33. The summed E-state index contributed by atoms with van der Waals surface area (Å²) in [6.07, 6.45) is -3.79. The van der Waals surface area contributed by atoms with Crippen LogP contribution < -0.4 is 14.4 Å². The van der Waals surface area contributed by atoms with Crippen LogP contribution in [-0.4, -0.2) is 33.0 Å². The van der Waals surface area contributed by atoms with Crippen LogP contribution in [0, 0.1) is 0 Å². The maximum atomic E-state index is 12.8. The van der Waals surface area contributed by atoms with Gasteiger partial charge in [0.25, 0.3) is 0 Å². The lowest BCUT2D eigenvalue weighted by molar-refractivity contribution is -0.274. The summed E-state index contributed by atoms with van der Waals surface area (Å²) in [5.41, 5.74) is 0.304. The lowest BCUT2D eigenvalue weighted by Gasteiger charge is -2.30. The minimum absolute atomic E-state index is 0.106. The molecule has 0 radical (unpaired) electrons. The van der Waals surface area contributed by atoms with E-state index in [1.807, 2.05) is 0 Å². The Labute approximate surface area is 181 Å². The van der Waals surface area contributed by atoms with Crippen molar-refractivity contribution in [1.82, 2.24) is 0 Å². The molecular formula is C18H17Cl2F3N2O4S. The van der Waals surface area contributed by atoms with Crippen molar-refractivity contribution in [2.45, 2.75) is 25.7 Å². The molecular weight excluding hydrogens is 468 g/mol. The van der Waals surface area contributed by atoms with Crippen LogP contribution in [0.1, 0.15) is 13.3 Å². The Bertz CT molecular complexity index is 1020. The van der Waals surface area contributed by atoms with E-state index in [9.17, 15) is 26.4 Å². The van der Waals surface area contributed by atoms with E-state index in [-0.39, 0.29) is 27.8 Å². The molecule has 1 atom stereocenters. The third-order valence-electron chi connectivity index (χ3n) is 3.84. The highest BCUT2D eigenvalue weighted by molar-refractivity contribution is 7.92. The molecule has 6 nitrogen and oxygen atoms in total. The van der Waals surface area contributed by atoms with Crippen LogP contribution in [0.2, 0.25) is 10.0 Å². The number of nitrogens with one attached hydrogen (secondary N) is 1. The molecule has 30 heavy (non-hydrogen) atoms. The summed E-state index contributed by atoms with van der Waals surface area (Å²) in [5, 5.41) is 2.82. The number of rotatable bonds is 7. The first-order valence-corrected chi connectivity index (χ1v) is 11.0. The fraction of sp³-hybridized carbons (Fsp3) is 0.278. The highest BCUT2D eigenvalue weighted by atomic mass is 35.5. The van der Waals surface area contributed by atoms with E-state index in [2.05, 4.69) is 10.1 Å². The van der Waals surface area contributed by atoms with Crippen molar-refractivity contribution < 1.29 is 31.1 Å². The predicted molar refractivity (Wildman–Crippen MR) is 110 cm³/mol. The van der Waals surface area contributed by atoms with Crippen LogP contribution in [0.25, 0.3) is 0 Å². The van der Waals surface area contributed by atoms with E-state index in [0.29, 0.717) is 0 Å². The van der Waals surface area contributed by atoms with Crippen LogP contribution in [0.5, 0.6) is 5.75 Å². The van der Waals surface area contributed by atoms with E-state index in [4.69, 9.17) is 23.2 Å². The molecule has 0 unspecified atom stereocenters. The zero-order valence-corrected chi connectivity index (χ0v) is 18.0. The Morgan fingerprint density at radius 1 is 1.13 bits per heavy atom. The summed E-state index contributed by atoms with van der Waals surface area (Å²) < 4.78 is 66.2. The second kappa shape index (κ2) is 9.32. The summed E-state index contributed by atoms with van der Waals surface area (Å²) in [4.78, 5) is 12.8. The molecule has 1 amide bonds. The second-order valence-corrected chi connectivity index (χ2v) is 8.82. The van der Waals surface area contributed by atoms with Gasteiger partial charge in [-0.15, -0.1) is 13.2 Å². The first kappa shape index (κ1) is 24.1. The van der Waals surface area contributed by atoms with Crippen molar-refractivity contribution in [1.29, 1.82) is 0 Å². The Morgan fingerprint density at radius 3 is 2.20 bits per heavy atom. The van der Waals surface area contributed by atoms with Gasteiger partial charge in [0, 0.05) is 5.69 Å². The molecule has 0 saturated heterocycles. The molecule has 2 rings (SSSR count). The molecule has 0 aromatic heterocycles. The van der Waals surface area contributed by atoms with Gasteiger partial charge in [0.1, 0.15) is 11.8 Å². The summed E-state index contributed by atoms with van der Waals surface area (Å²) in [6.45, 7) is 1.61. The second-order valence-electron chi connectivity index (χ2n) is 6.14. The zero-order chi connectivity index (χ0) is 22.7. The lowest BCUT2D eigenvalue weighted by atomic mass is 10.1. The maximum absolute atomic E-state index is 12.8. The van der Waals surface area contributed by atoms with Crippen LogP contribution >= 0.6 is 23.2 Å². The fourth-order valence-corrected chi connectivity index (χ4v) is 4.14. The first-order chi connectivity index (χ1) is 13.8. The van der Waals surface area contributed by atoms with Gasteiger partial charge >= 0.3 is 6.36 Å². The van der Waals surface area contributed by atoms with Crippen molar-refractivity contribution in [3.05, 3.63) is 52.5 Å². The van der Waals surface area contributed by atoms with Gasteiger partial charge in [0.05, 0.1) is 22.0 Å². The van der Waals surface area contributed by atoms with E-state index in [0.717, 1.165) is 22.7 Å². The van der Waals surface area contributed by atoms with Gasteiger partial charge in [-0.05, 0) is 48.9 Å². The van der Waals surface area contributed by atoms with Crippen LogP contribution in [0.15, 0.2) is 42.5 Å². The normalized spacial score (nSPS) is 12.9. The van der Waals surface area contributed by atoms with E-state index >= 15 is 0 Å². The Hall–Kier alpha value is -2.17. The number of carbonyl (C=O) groups is 1. The molecule has 0 aliphatic carbocycles. The highest BCUT2D eigenvalue weighted by Crippen LogP contribution is 2.31. The molecule has 0 spiro atoms. The van der Waals surface area contributed by atoms with Gasteiger partial charge in [-0.1, -0.05) is 30.1 Å². The van der Waals surface area contributed by atoms with Crippen molar-refractivity contribution in [2.75, 3.05) is 15.9 Å². The Morgan fingerprint density at radius 2 is 1.73 bits per heavy atom. The van der Waals surface area contributed by atoms with Crippen molar-refractivity contribution in [3.63, 3.8) is 0 Å². The van der Waals surface area contributed by atoms with E-state index in [1.54, 1.807) is 6.92 Å². The molecule has 0 aliphatic heterocycles. The number of carbonyl (C=O) groups excluding carboxylic acids is 1. The number of sulfonamides is 1. The molecule has 1 N–H and O–H groups in total. The fourth-order valence-electron chi connectivity index (χ4n) is 2.65. The standard InChI is InChI=1S/C18H17Cl2F3N2O4S/c1-3-16(25(30(2,27)28)12-6-9-14(19)15(20)10-12)17(26)24-11-4-7-13(8-5-11)29-18(21,22)23/h4-10,16H,3H2,1-2H3,(H,24,26)/t16-/m1/s1. The quantitative estimate of drug-likeness (QED) is 0.594. The zero-order valence-electron chi connectivity index (χ0n) is 15.7. The first-order valence-electron chi connectivity index (χ1n) is 8.43. The molecule has 164 valence electrons. The molecule has 2 aromatic carbocycles. The number of benzene rings is 2. The van der Waals surface area contributed by atoms with E-state index < -0.39 is 34.1 Å². The van der Waals surface area contributed by atoms with Gasteiger partial charge in [0.15, 0.2) is 0 Å². The minimum Gasteiger partial charge on any atom is -0.406 e. The van der Waals surface area contributed by atoms with Gasteiger partial charge in [-0.25, -0.2) is 8.42 Å².